The zero-order chi connectivity index (χ0) is 26.5. The SMILES string of the molecule is [2H]c1ccc2c(N3C[C@@H]4C[C@H](N5CCc6ncc(N7CCNCC7)nc6C5)CN4[C@H](C)C3)ccc(C#N)c2n1. The molecule has 0 spiro atoms. The van der Waals surface area contributed by atoms with Gasteiger partial charge in [0.2, 0.25) is 0 Å². The van der Waals surface area contributed by atoms with Crippen LogP contribution in [0, 0.1) is 11.3 Å². The van der Waals surface area contributed by atoms with Gasteiger partial charge in [-0.05, 0) is 37.6 Å². The van der Waals surface area contributed by atoms with Gasteiger partial charge < -0.3 is 15.1 Å². The Bertz CT molecular complexity index is 1430. The Labute approximate surface area is 225 Å². The molecule has 1 aromatic carbocycles. The fourth-order valence-corrected chi connectivity index (χ4v) is 6.98. The summed E-state index contributed by atoms with van der Waals surface area (Å²) in [5.74, 6) is 1.02. The fourth-order valence-electron chi connectivity index (χ4n) is 6.98. The summed E-state index contributed by atoms with van der Waals surface area (Å²) >= 11 is 0. The van der Waals surface area contributed by atoms with E-state index in [1.165, 1.54) is 0 Å². The van der Waals surface area contributed by atoms with Gasteiger partial charge in [-0.25, -0.2) is 4.98 Å². The number of rotatable bonds is 3. The van der Waals surface area contributed by atoms with Crippen LogP contribution in [-0.2, 0) is 13.0 Å². The van der Waals surface area contributed by atoms with Crippen LogP contribution >= 0.6 is 0 Å². The molecular formula is C29H35N9. The summed E-state index contributed by atoms with van der Waals surface area (Å²) in [6.07, 6.45) is 4.28. The predicted molar refractivity (Wildman–Crippen MR) is 148 cm³/mol. The zero-order valence-corrected chi connectivity index (χ0v) is 22.0. The van der Waals surface area contributed by atoms with Crippen molar-refractivity contribution in [2.24, 2.45) is 0 Å². The van der Waals surface area contributed by atoms with Gasteiger partial charge in [-0.1, -0.05) is 0 Å². The Morgan fingerprint density at radius 2 is 1.92 bits per heavy atom. The Balaban J connectivity index is 1.08. The minimum atomic E-state index is 0.195. The first-order valence-corrected chi connectivity index (χ1v) is 13.9. The molecule has 7 rings (SSSR count). The van der Waals surface area contributed by atoms with Crippen molar-refractivity contribution < 1.29 is 1.37 Å². The van der Waals surface area contributed by atoms with E-state index in [2.05, 4.69) is 49.0 Å². The van der Waals surface area contributed by atoms with Gasteiger partial charge in [0.25, 0.3) is 0 Å². The van der Waals surface area contributed by atoms with E-state index in [1.807, 2.05) is 18.3 Å². The Kier molecular flexibility index (Phi) is 5.82. The van der Waals surface area contributed by atoms with Crippen molar-refractivity contribution in [2.75, 3.05) is 62.2 Å². The largest absolute Gasteiger partial charge is 0.368 e. The smallest absolute Gasteiger partial charge is 0.147 e. The van der Waals surface area contributed by atoms with Crippen molar-refractivity contribution in [2.45, 2.75) is 44.4 Å². The lowest BCUT2D eigenvalue weighted by Crippen LogP contribution is -2.55. The van der Waals surface area contributed by atoms with E-state index >= 15 is 0 Å². The van der Waals surface area contributed by atoms with Crippen LogP contribution in [0.5, 0.6) is 0 Å². The molecule has 2 aromatic heterocycles. The molecule has 3 fully saturated rings. The van der Waals surface area contributed by atoms with Crippen LogP contribution in [0.25, 0.3) is 10.9 Å². The third-order valence-corrected chi connectivity index (χ3v) is 8.94. The monoisotopic (exact) mass is 510 g/mol. The summed E-state index contributed by atoms with van der Waals surface area (Å²) in [4.78, 5) is 24.5. The average Bonchev–Trinajstić information content (AvgIpc) is 3.41. The second kappa shape index (κ2) is 9.77. The highest BCUT2D eigenvalue weighted by atomic mass is 15.4. The van der Waals surface area contributed by atoms with Crippen molar-refractivity contribution in [3.8, 4) is 6.07 Å². The Morgan fingerprint density at radius 3 is 2.79 bits per heavy atom. The first-order chi connectivity index (χ1) is 19.1. The lowest BCUT2D eigenvalue weighted by molar-refractivity contribution is 0.145. The number of aromatic nitrogens is 3. The fraction of sp³-hybridized carbons (Fsp3) is 0.517. The van der Waals surface area contributed by atoms with Crippen molar-refractivity contribution >= 4 is 22.4 Å². The number of benzene rings is 1. The third kappa shape index (κ3) is 4.17. The lowest BCUT2D eigenvalue weighted by Gasteiger charge is -2.43. The van der Waals surface area contributed by atoms with E-state index < -0.39 is 0 Å². The molecule has 0 bridgehead atoms. The minimum Gasteiger partial charge on any atom is -0.368 e. The molecule has 0 unspecified atom stereocenters. The number of nitrogens with one attached hydrogen (secondary N) is 1. The first kappa shape index (κ1) is 22.6. The Morgan fingerprint density at radius 1 is 1.03 bits per heavy atom. The van der Waals surface area contributed by atoms with E-state index in [-0.39, 0.29) is 6.17 Å². The standard InChI is InChI=1S/C29H35N9/c1-20-16-37(27-5-4-21(14-30)29-24(27)3-2-7-32-29)17-23-13-22(18-38(20)23)36-10-6-25-26(19-36)34-28(15-33-25)35-11-8-31-9-12-35/h2-5,7,15,20,22-23,31H,6,8-13,16-19H2,1H3/t20-,22+,23+/m1/s1/i7D. The molecular weight excluding hydrogens is 474 g/mol. The van der Waals surface area contributed by atoms with Crippen LogP contribution in [0.3, 0.4) is 0 Å². The number of pyridine rings is 1. The number of anilines is 2. The van der Waals surface area contributed by atoms with Crippen LogP contribution in [0.4, 0.5) is 11.5 Å². The maximum atomic E-state index is 9.60. The quantitative estimate of drug-likeness (QED) is 0.569. The summed E-state index contributed by atoms with van der Waals surface area (Å²) in [6, 6.07) is 11.3. The van der Waals surface area contributed by atoms with Crippen molar-refractivity contribution in [1.82, 2.24) is 30.1 Å². The summed E-state index contributed by atoms with van der Waals surface area (Å²) in [6.45, 7) is 11.2. The molecule has 4 aliphatic rings. The highest BCUT2D eigenvalue weighted by Crippen LogP contribution is 2.35. The topological polar surface area (TPSA) is 87.5 Å². The van der Waals surface area contributed by atoms with Gasteiger partial charge in [0, 0.05) is 101 Å². The van der Waals surface area contributed by atoms with Gasteiger partial charge in [-0.15, -0.1) is 0 Å². The van der Waals surface area contributed by atoms with Crippen molar-refractivity contribution in [3.63, 3.8) is 0 Å². The molecule has 0 radical (unpaired) electrons. The molecule has 38 heavy (non-hydrogen) atoms. The average molecular weight is 511 g/mol. The number of hydrogen-bond acceptors (Lipinski definition) is 9. The molecule has 0 amide bonds. The maximum absolute atomic E-state index is 9.60. The second-order valence-corrected chi connectivity index (χ2v) is 11.2. The van der Waals surface area contributed by atoms with Crippen LogP contribution in [0.2, 0.25) is 0 Å². The molecule has 0 aliphatic carbocycles. The molecule has 9 nitrogen and oxygen atoms in total. The summed E-state index contributed by atoms with van der Waals surface area (Å²) in [5.41, 5.74) is 4.60. The van der Waals surface area contributed by atoms with Crippen LogP contribution in [0.15, 0.2) is 36.6 Å². The normalized spacial score (nSPS) is 26.6. The van der Waals surface area contributed by atoms with Gasteiger partial charge in [0.15, 0.2) is 0 Å². The lowest BCUT2D eigenvalue weighted by atomic mass is 10.0. The van der Waals surface area contributed by atoms with Gasteiger partial charge in [-0.3, -0.25) is 19.8 Å². The molecule has 3 saturated heterocycles. The number of nitriles is 1. The molecule has 0 saturated carbocycles. The molecule has 196 valence electrons. The second-order valence-electron chi connectivity index (χ2n) is 11.2. The van der Waals surface area contributed by atoms with E-state index in [9.17, 15) is 5.26 Å². The number of piperazine rings is 2. The molecule has 3 atom stereocenters. The summed E-state index contributed by atoms with van der Waals surface area (Å²) in [5, 5.41) is 14.0. The van der Waals surface area contributed by atoms with Gasteiger partial charge in [0.05, 0.1) is 30.0 Å². The molecule has 6 heterocycles. The summed E-state index contributed by atoms with van der Waals surface area (Å²) < 4.78 is 7.96. The van der Waals surface area contributed by atoms with E-state index in [0.717, 1.165) is 100 Å². The third-order valence-electron chi connectivity index (χ3n) is 8.94. The highest BCUT2D eigenvalue weighted by Gasteiger charge is 2.42. The van der Waals surface area contributed by atoms with Gasteiger partial charge >= 0.3 is 0 Å². The van der Waals surface area contributed by atoms with Crippen LogP contribution < -0.4 is 15.1 Å². The van der Waals surface area contributed by atoms with E-state index in [4.69, 9.17) is 11.3 Å². The van der Waals surface area contributed by atoms with Crippen LogP contribution in [0.1, 0.15) is 31.7 Å². The minimum absolute atomic E-state index is 0.195. The molecule has 4 aliphatic heterocycles. The number of hydrogen-bond donors (Lipinski definition) is 1. The number of fused-ring (bicyclic) bond motifs is 3. The van der Waals surface area contributed by atoms with Gasteiger partial charge in [0.1, 0.15) is 11.9 Å². The van der Waals surface area contributed by atoms with Crippen molar-refractivity contribution in [3.05, 3.63) is 53.6 Å². The van der Waals surface area contributed by atoms with Crippen molar-refractivity contribution in [1.29, 1.82) is 5.26 Å². The van der Waals surface area contributed by atoms with E-state index in [0.29, 0.717) is 29.2 Å². The predicted octanol–water partition coefficient (Wildman–Crippen LogP) is 2.02. The zero-order valence-electron chi connectivity index (χ0n) is 23.0. The molecule has 3 aromatic rings. The molecule has 9 heteroatoms. The molecule has 1 N–H and O–H groups in total. The maximum Gasteiger partial charge on any atom is 0.147 e. The summed E-state index contributed by atoms with van der Waals surface area (Å²) in [7, 11) is 0. The first-order valence-electron chi connectivity index (χ1n) is 14.4. The number of nitrogens with zero attached hydrogens (tertiary/aromatic N) is 8. The Hall–Kier alpha value is -3.32. The highest BCUT2D eigenvalue weighted by molar-refractivity contribution is 5.95. The van der Waals surface area contributed by atoms with E-state index in [1.54, 1.807) is 6.07 Å². The van der Waals surface area contributed by atoms with Gasteiger partial charge in [-0.2, -0.15) is 5.26 Å². The van der Waals surface area contributed by atoms with Crippen LogP contribution in [-0.4, -0.2) is 95.2 Å².